The van der Waals surface area contributed by atoms with Gasteiger partial charge in [0.25, 0.3) is 0 Å². The van der Waals surface area contributed by atoms with E-state index in [0.29, 0.717) is 12.4 Å². The second-order valence-electron chi connectivity index (χ2n) is 3.52. The summed E-state index contributed by atoms with van der Waals surface area (Å²) in [5.41, 5.74) is 6.99. The molecule has 0 unspecified atom stereocenters. The lowest BCUT2D eigenvalue weighted by atomic mass is 10.4. The fraction of sp³-hybridized carbons (Fsp3) is 0.333. The molecule has 1 amide bonds. The number of aryl methyl sites for hydroxylation is 1. The van der Waals surface area contributed by atoms with Crippen LogP contribution < -0.4 is 5.73 Å². The predicted octanol–water partition coefficient (Wildman–Crippen LogP) is 0.635. The van der Waals surface area contributed by atoms with Gasteiger partial charge in [0.2, 0.25) is 0 Å². The van der Waals surface area contributed by atoms with Crippen LogP contribution in [-0.4, -0.2) is 25.8 Å². The lowest BCUT2D eigenvalue weighted by Gasteiger charge is -1.99. The van der Waals surface area contributed by atoms with Crippen LogP contribution in [0.2, 0.25) is 0 Å². The number of primary amides is 1. The summed E-state index contributed by atoms with van der Waals surface area (Å²) < 4.78 is 7.55. The van der Waals surface area contributed by atoms with Crippen LogP contribution in [0.5, 0.6) is 0 Å². The van der Waals surface area contributed by atoms with Crippen molar-refractivity contribution < 1.29 is 9.32 Å². The van der Waals surface area contributed by atoms with Crippen molar-refractivity contribution in [3.05, 3.63) is 26.7 Å². The van der Waals surface area contributed by atoms with E-state index in [2.05, 4.69) is 37.8 Å². The number of aromatic nitrogens is 4. The number of amides is 1. The molecule has 2 rings (SSSR count). The van der Waals surface area contributed by atoms with Crippen LogP contribution in [-0.2, 0) is 6.54 Å². The molecule has 2 N–H and O–H groups in total. The quantitative estimate of drug-likeness (QED) is 0.821. The molecule has 2 aromatic heterocycles. The van der Waals surface area contributed by atoms with E-state index in [1.54, 1.807) is 4.68 Å². The van der Waals surface area contributed by atoms with Gasteiger partial charge in [-0.25, -0.2) is 0 Å². The van der Waals surface area contributed by atoms with E-state index in [1.165, 1.54) is 0 Å². The standard InChI is InChI=1S/C9H10IN5O2/c1-4-7(10)5(2)15(13-4)3-6-12-9(8(11)16)17-14-6/h3H2,1-2H3,(H2,11,16). The molecule has 0 aliphatic carbocycles. The van der Waals surface area contributed by atoms with E-state index < -0.39 is 5.91 Å². The van der Waals surface area contributed by atoms with E-state index >= 15 is 0 Å². The van der Waals surface area contributed by atoms with Gasteiger partial charge < -0.3 is 10.3 Å². The van der Waals surface area contributed by atoms with Gasteiger partial charge in [0.1, 0.15) is 6.54 Å². The van der Waals surface area contributed by atoms with Crippen molar-refractivity contribution in [1.82, 2.24) is 19.9 Å². The van der Waals surface area contributed by atoms with Crippen LogP contribution in [0.1, 0.15) is 27.9 Å². The molecule has 0 bridgehead atoms. The molecule has 0 saturated heterocycles. The highest BCUT2D eigenvalue weighted by molar-refractivity contribution is 14.1. The Morgan fingerprint density at radius 1 is 1.53 bits per heavy atom. The molecule has 2 heterocycles. The maximum atomic E-state index is 10.8. The molecular formula is C9H10IN5O2. The number of hydrogen-bond donors (Lipinski definition) is 1. The molecule has 0 aromatic carbocycles. The average molecular weight is 347 g/mol. The monoisotopic (exact) mass is 347 g/mol. The number of nitrogens with two attached hydrogens (primary N) is 1. The maximum Gasteiger partial charge on any atom is 0.315 e. The van der Waals surface area contributed by atoms with Crippen molar-refractivity contribution in [2.45, 2.75) is 20.4 Å². The second kappa shape index (κ2) is 4.43. The van der Waals surface area contributed by atoms with Crippen LogP contribution in [0, 0.1) is 17.4 Å². The third-order valence-electron chi connectivity index (χ3n) is 2.26. The summed E-state index contributed by atoms with van der Waals surface area (Å²) in [5, 5.41) is 7.99. The van der Waals surface area contributed by atoms with Crippen LogP contribution in [0.25, 0.3) is 0 Å². The van der Waals surface area contributed by atoms with Gasteiger partial charge in [-0.05, 0) is 36.4 Å². The predicted molar refractivity (Wildman–Crippen MR) is 66.3 cm³/mol. The zero-order chi connectivity index (χ0) is 12.6. The first kappa shape index (κ1) is 12.0. The first-order chi connectivity index (χ1) is 7.99. The SMILES string of the molecule is Cc1nn(Cc2noc(C(N)=O)n2)c(C)c1I. The first-order valence-electron chi connectivity index (χ1n) is 4.81. The lowest BCUT2D eigenvalue weighted by Crippen LogP contribution is -2.12. The molecule has 0 spiro atoms. The first-order valence-corrected chi connectivity index (χ1v) is 5.89. The van der Waals surface area contributed by atoms with Crippen LogP contribution in [0.15, 0.2) is 4.52 Å². The highest BCUT2D eigenvalue weighted by atomic mass is 127. The highest BCUT2D eigenvalue weighted by Gasteiger charge is 2.14. The molecule has 0 saturated carbocycles. The highest BCUT2D eigenvalue weighted by Crippen LogP contribution is 2.15. The van der Waals surface area contributed by atoms with Gasteiger partial charge in [-0.15, -0.1) is 0 Å². The molecular weight excluding hydrogens is 337 g/mol. The summed E-state index contributed by atoms with van der Waals surface area (Å²) in [6.07, 6.45) is 0. The third-order valence-corrected chi connectivity index (χ3v) is 3.82. The van der Waals surface area contributed by atoms with Gasteiger partial charge in [-0.3, -0.25) is 9.48 Å². The Morgan fingerprint density at radius 3 is 2.71 bits per heavy atom. The lowest BCUT2D eigenvalue weighted by molar-refractivity contribution is 0.0958. The minimum absolute atomic E-state index is 0.184. The summed E-state index contributed by atoms with van der Waals surface area (Å²) in [5.74, 6) is -0.538. The van der Waals surface area contributed by atoms with Crippen molar-refractivity contribution in [2.75, 3.05) is 0 Å². The Morgan fingerprint density at radius 2 is 2.24 bits per heavy atom. The Bertz CT molecular complexity index is 574. The summed E-state index contributed by atoms with van der Waals surface area (Å²) in [7, 11) is 0. The molecule has 0 radical (unpaired) electrons. The Kier molecular flexibility index (Phi) is 3.13. The molecule has 0 aliphatic rings. The van der Waals surface area contributed by atoms with Crippen molar-refractivity contribution in [3.8, 4) is 0 Å². The largest absolute Gasteiger partial charge is 0.361 e. The summed E-state index contributed by atoms with van der Waals surface area (Å²) in [6, 6.07) is 0. The number of nitrogens with zero attached hydrogens (tertiary/aromatic N) is 4. The van der Waals surface area contributed by atoms with E-state index in [-0.39, 0.29) is 5.89 Å². The molecule has 90 valence electrons. The van der Waals surface area contributed by atoms with E-state index in [1.807, 2.05) is 13.8 Å². The Hall–Kier alpha value is -1.45. The minimum Gasteiger partial charge on any atom is -0.361 e. The Balaban J connectivity index is 2.25. The van der Waals surface area contributed by atoms with Gasteiger partial charge in [-0.2, -0.15) is 10.1 Å². The second-order valence-corrected chi connectivity index (χ2v) is 4.60. The Labute approximate surface area is 111 Å². The van der Waals surface area contributed by atoms with Gasteiger partial charge in [0, 0.05) is 5.69 Å². The zero-order valence-corrected chi connectivity index (χ0v) is 11.4. The smallest absolute Gasteiger partial charge is 0.315 e. The van der Waals surface area contributed by atoms with Crippen molar-refractivity contribution in [2.24, 2.45) is 5.73 Å². The molecule has 2 aromatic rings. The topological polar surface area (TPSA) is 99.8 Å². The molecule has 0 fully saturated rings. The molecule has 0 atom stereocenters. The maximum absolute atomic E-state index is 10.8. The van der Waals surface area contributed by atoms with E-state index in [9.17, 15) is 4.79 Å². The van der Waals surface area contributed by atoms with Crippen LogP contribution in [0.4, 0.5) is 0 Å². The normalized spacial score (nSPS) is 10.8. The third kappa shape index (κ3) is 2.30. The van der Waals surface area contributed by atoms with Crippen LogP contribution in [0.3, 0.4) is 0 Å². The minimum atomic E-state index is -0.730. The molecule has 8 heteroatoms. The molecule has 0 aliphatic heterocycles. The number of rotatable bonds is 3. The van der Waals surface area contributed by atoms with Gasteiger partial charge in [-0.1, -0.05) is 5.16 Å². The van der Waals surface area contributed by atoms with Crippen molar-refractivity contribution in [3.63, 3.8) is 0 Å². The van der Waals surface area contributed by atoms with Crippen molar-refractivity contribution >= 4 is 28.5 Å². The molecule has 7 nitrogen and oxygen atoms in total. The zero-order valence-electron chi connectivity index (χ0n) is 9.27. The van der Waals surface area contributed by atoms with E-state index in [4.69, 9.17) is 10.3 Å². The van der Waals surface area contributed by atoms with Crippen molar-refractivity contribution in [1.29, 1.82) is 0 Å². The van der Waals surface area contributed by atoms with Gasteiger partial charge in [0.15, 0.2) is 5.82 Å². The summed E-state index contributed by atoms with van der Waals surface area (Å²) >= 11 is 2.23. The fourth-order valence-corrected chi connectivity index (χ4v) is 1.77. The fourth-order valence-electron chi connectivity index (χ4n) is 1.38. The summed E-state index contributed by atoms with van der Waals surface area (Å²) in [6.45, 7) is 4.24. The molecule has 17 heavy (non-hydrogen) atoms. The van der Waals surface area contributed by atoms with Gasteiger partial charge in [0.05, 0.1) is 9.26 Å². The van der Waals surface area contributed by atoms with E-state index in [0.717, 1.165) is 15.0 Å². The summed E-state index contributed by atoms with van der Waals surface area (Å²) in [4.78, 5) is 14.7. The van der Waals surface area contributed by atoms with Gasteiger partial charge >= 0.3 is 11.8 Å². The van der Waals surface area contributed by atoms with Crippen LogP contribution >= 0.6 is 22.6 Å². The number of hydrogen-bond acceptors (Lipinski definition) is 5. The number of carbonyl (C=O) groups is 1. The number of halogens is 1. The number of carbonyl (C=O) groups excluding carboxylic acids is 1. The average Bonchev–Trinajstić information content (AvgIpc) is 2.82.